The molecule has 24 heavy (non-hydrogen) atoms. The Kier molecular flexibility index (Phi) is 6.48. The molecule has 0 heterocycles. The number of carbonyl (C=O) groups excluding carboxylic acids is 1. The number of esters is 1. The van der Waals surface area contributed by atoms with Crippen LogP contribution in [0.4, 0.5) is 0 Å². The highest BCUT2D eigenvalue weighted by molar-refractivity contribution is 7.89. The van der Waals surface area contributed by atoms with E-state index in [2.05, 4.69) is 9.46 Å². The summed E-state index contributed by atoms with van der Waals surface area (Å²) in [6, 6.07) is 15.3. The van der Waals surface area contributed by atoms with Crippen molar-refractivity contribution in [3.63, 3.8) is 0 Å². The maximum Gasteiger partial charge on any atom is 0.337 e. The molecule has 0 amide bonds. The minimum Gasteiger partial charge on any atom is -0.465 e. The van der Waals surface area contributed by atoms with E-state index in [1.54, 1.807) is 0 Å². The quantitative estimate of drug-likeness (QED) is 0.582. The van der Waals surface area contributed by atoms with Gasteiger partial charge in [0.1, 0.15) is 0 Å². The van der Waals surface area contributed by atoms with Crippen molar-refractivity contribution >= 4 is 16.0 Å². The Morgan fingerprint density at radius 2 is 1.83 bits per heavy atom. The van der Waals surface area contributed by atoms with E-state index in [9.17, 15) is 13.2 Å². The zero-order chi connectivity index (χ0) is 17.4. The summed E-state index contributed by atoms with van der Waals surface area (Å²) in [6.07, 6.45) is 0. The monoisotopic (exact) mass is 349 g/mol. The van der Waals surface area contributed by atoms with Crippen molar-refractivity contribution in [1.82, 2.24) is 4.72 Å². The van der Waals surface area contributed by atoms with E-state index in [1.807, 2.05) is 30.3 Å². The number of benzene rings is 2. The van der Waals surface area contributed by atoms with Gasteiger partial charge in [-0.3, -0.25) is 0 Å². The van der Waals surface area contributed by atoms with Crippen molar-refractivity contribution < 1.29 is 22.7 Å². The summed E-state index contributed by atoms with van der Waals surface area (Å²) in [5.74, 6) is -0.585. The smallest absolute Gasteiger partial charge is 0.337 e. The number of rotatable bonds is 8. The van der Waals surface area contributed by atoms with Gasteiger partial charge in [-0.05, 0) is 23.8 Å². The molecular formula is C17H19NO5S. The molecule has 128 valence electrons. The van der Waals surface area contributed by atoms with Crippen molar-refractivity contribution in [1.29, 1.82) is 0 Å². The minimum absolute atomic E-state index is 0.00783. The second-order valence-corrected chi connectivity index (χ2v) is 6.72. The van der Waals surface area contributed by atoms with Gasteiger partial charge in [0.2, 0.25) is 10.0 Å². The van der Waals surface area contributed by atoms with Gasteiger partial charge in [-0.2, -0.15) is 0 Å². The molecule has 0 saturated carbocycles. The summed E-state index contributed by atoms with van der Waals surface area (Å²) in [5, 5.41) is 0. The van der Waals surface area contributed by atoms with E-state index < -0.39 is 16.0 Å². The molecule has 0 aliphatic rings. The highest BCUT2D eigenvalue weighted by atomic mass is 32.2. The predicted molar refractivity (Wildman–Crippen MR) is 89.1 cm³/mol. The molecule has 2 rings (SSSR count). The Balaban J connectivity index is 1.86. The van der Waals surface area contributed by atoms with E-state index in [0.29, 0.717) is 6.61 Å². The van der Waals surface area contributed by atoms with Gasteiger partial charge in [0.05, 0.1) is 30.8 Å². The molecule has 0 unspecified atom stereocenters. The lowest BCUT2D eigenvalue weighted by Gasteiger charge is -2.08. The summed E-state index contributed by atoms with van der Waals surface area (Å²) in [7, 11) is -2.47. The van der Waals surface area contributed by atoms with Gasteiger partial charge in [-0.25, -0.2) is 17.9 Å². The highest BCUT2D eigenvalue weighted by Gasteiger charge is 2.16. The second kappa shape index (κ2) is 8.58. The molecular weight excluding hydrogens is 330 g/mol. The first-order valence-corrected chi connectivity index (χ1v) is 8.81. The number of sulfonamides is 1. The average molecular weight is 349 g/mol. The molecule has 0 aliphatic heterocycles. The fourth-order valence-electron chi connectivity index (χ4n) is 2.00. The fourth-order valence-corrected chi connectivity index (χ4v) is 3.06. The summed E-state index contributed by atoms with van der Waals surface area (Å²) in [5.41, 5.74) is 1.20. The molecule has 0 bridgehead atoms. The largest absolute Gasteiger partial charge is 0.465 e. The van der Waals surface area contributed by atoms with E-state index >= 15 is 0 Å². The molecule has 2 aromatic rings. The Labute approximate surface area is 141 Å². The van der Waals surface area contributed by atoms with Crippen LogP contribution in [0, 0.1) is 0 Å². The van der Waals surface area contributed by atoms with Crippen molar-refractivity contribution in [2.75, 3.05) is 20.3 Å². The summed E-state index contributed by atoms with van der Waals surface area (Å²) in [4.78, 5) is 11.5. The molecule has 1 N–H and O–H groups in total. The summed E-state index contributed by atoms with van der Waals surface area (Å²) >= 11 is 0. The van der Waals surface area contributed by atoms with Crippen LogP contribution in [0.3, 0.4) is 0 Å². The molecule has 6 nitrogen and oxygen atoms in total. The normalized spacial score (nSPS) is 11.2. The van der Waals surface area contributed by atoms with Crippen LogP contribution in [-0.2, 0) is 26.1 Å². The summed E-state index contributed by atoms with van der Waals surface area (Å²) < 4.78 is 36.9. The SMILES string of the molecule is COC(=O)c1cccc(S(=O)(=O)NCCOCc2ccccc2)c1. The number of ether oxygens (including phenoxy) is 2. The maximum absolute atomic E-state index is 12.2. The number of carbonyl (C=O) groups is 1. The van der Waals surface area contributed by atoms with Gasteiger partial charge in [-0.1, -0.05) is 36.4 Å². The lowest BCUT2D eigenvalue weighted by atomic mass is 10.2. The van der Waals surface area contributed by atoms with Crippen molar-refractivity contribution in [2.24, 2.45) is 0 Å². The molecule has 0 saturated heterocycles. The van der Waals surface area contributed by atoms with E-state index in [1.165, 1.54) is 31.4 Å². The third kappa shape index (κ3) is 5.16. The van der Waals surface area contributed by atoms with Crippen molar-refractivity contribution in [2.45, 2.75) is 11.5 Å². The van der Waals surface area contributed by atoms with Gasteiger partial charge >= 0.3 is 5.97 Å². The molecule has 0 radical (unpaired) electrons. The Morgan fingerprint density at radius 1 is 1.08 bits per heavy atom. The zero-order valence-electron chi connectivity index (χ0n) is 13.3. The number of methoxy groups -OCH3 is 1. The highest BCUT2D eigenvalue weighted by Crippen LogP contribution is 2.12. The van der Waals surface area contributed by atoms with Gasteiger partial charge in [0.25, 0.3) is 0 Å². The maximum atomic E-state index is 12.2. The zero-order valence-corrected chi connectivity index (χ0v) is 14.1. The minimum atomic E-state index is -3.71. The molecule has 0 atom stereocenters. The average Bonchev–Trinajstić information content (AvgIpc) is 2.61. The number of hydrogen-bond donors (Lipinski definition) is 1. The van der Waals surface area contributed by atoms with Crippen molar-refractivity contribution in [3.05, 3.63) is 65.7 Å². The van der Waals surface area contributed by atoms with Gasteiger partial charge in [-0.15, -0.1) is 0 Å². The molecule has 0 fully saturated rings. The standard InChI is InChI=1S/C17H19NO5S/c1-22-17(19)15-8-5-9-16(12-15)24(20,21)18-10-11-23-13-14-6-3-2-4-7-14/h2-9,12,18H,10-11,13H2,1H3. The van der Waals surface area contributed by atoms with Crippen molar-refractivity contribution in [3.8, 4) is 0 Å². The fraction of sp³-hybridized carbons (Fsp3) is 0.235. The lowest BCUT2D eigenvalue weighted by molar-refractivity contribution is 0.0600. The Morgan fingerprint density at radius 3 is 2.54 bits per heavy atom. The summed E-state index contributed by atoms with van der Waals surface area (Å²) in [6.45, 7) is 0.794. The van der Waals surface area contributed by atoms with Crippen LogP contribution in [0.25, 0.3) is 0 Å². The molecule has 7 heteroatoms. The molecule has 0 aliphatic carbocycles. The number of hydrogen-bond acceptors (Lipinski definition) is 5. The Bertz CT molecular complexity index is 775. The topological polar surface area (TPSA) is 81.7 Å². The first-order chi connectivity index (χ1) is 11.5. The van der Waals surface area contributed by atoms with Crippen LogP contribution in [0.1, 0.15) is 15.9 Å². The van der Waals surface area contributed by atoms with Crippen LogP contribution >= 0.6 is 0 Å². The van der Waals surface area contributed by atoms with Gasteiger partial charge < -0.3 is 9.47 Å². The third-order valence-corrected chi connectivity index (χ3v) is 4.67. The molecule has 0 aromatic heterocycles. The van der Waals surface area contributed by atoms with E-state index in [-0.39, 0.29) is 23.6 Å². The van der Waals surface area contributed by atoms with Crippen LogP contribution in [0.5, 0.6) is 0 Å². The Hall–Kier alpha value is -2.22. The van der Waals surface area contributed by atoms with Gasteiger partial charge in [0.15, 0.2) is 0 Å². The molecule has 2 aromatic carbocycles. The number of nitrogens with one attached hydrogen (secondary N) is 1. The first-order valence-electron chi connectivity index (χ1n) is 7.32. The van der Waals surface area contributed by atoms with Crippen LogP contribution in [0.15, 0.2) is 59.5 Å². The molecule has 0 spiro atoms. The first kappa shape index (κ1) is 18.1. The van der Waals surface area contributed by atoms with Crippen LogP contribution in [-0.4, -0.2) is 34.6 Å². The van der Waals surface area contributed by atoms with Crippen LogP contribution < -0.4 is 4.72 Å². The lowest BCUT2D eigenvalue weighted by Crippen LogP contribution is -2.27. The van der Waals surface area contributed by atoms with Crippen LogP contribution in [0.2, 0.25) is 0 Å². The van der Waals surface area contributed by atoms with E-state index in [4.69, 9.17) is 4.74 Å². The van der Waals surface area contributed by atoms with E-state index in [0.717, 1.165) is 5.56 Å². The van der Waals surface area contributed by atoms with Gasteiger partial charge in [0, 0.05) is 6.54 Å². The third-order valence-electron chi connectivity index (χ3n) is 3.22. The predicted octanol–water partition coefficient (Wildman–Crippen LogP) is 1.97. The second-order valence-electron chi connectivity index (χ2n) is 4.96.